The molecule has 3 N–H and O–H groups in total. The van der Waals surface area contributed by atoms with Gasteiger partial charge in [0.1, 0.15) is 11.6 Å². The summed E-state index contributed by atoms with van der Waals surface area (Å²) >= 11 is 0. The summed E-state index contributed by atoms with van der Waals surface area (Å²) in [5.41, 5.74) is 11.2. The molecule has 2 saturated heterocycles. The van der Waals surface area contributed by atoms with Crippen molar-refractivity contribution in [3.05, 3.63) is 89.7 Å². The highest BCUT2D eigenvalue weighted by Gasteiger charge is 2.32. The highest BCUT2D eigenvalue weighted by atomic mass is 19.1. The van der Waals surface area contributed by atoms with E-state index in [0.29, 0.717) is 17.9 Å². The van der Waals surface area contributed by atoms with Gasteiger partial charge < -0.3 is 20.9 Å². The normalized spacial score (nSPS) is 17.5. The molecule has 206 valence electrons. The summed E-state index contributed by atoms with van der Waals surface area (Å²) < 4.78 is 13.3. The van der Waals surface area contributed by atoms with Crippen LogP contribution in [-0.2, 0) is 6.42 Å². The maximum Gasteiger partial charge on any atom is 0.254 e. The van der Waals surface area contributed by atoms with E-state index in [2.05, 4.69) is 21.2 Å². The van der Waals surface area contributed by atoms with Crippen molar-refractivity contribution in [3.8, 4) is 11.1 Å². The van der Waals surface area contributed by atoms with Crippen molar-refractivity contribution in [2.75, 3.05) is 43.8 Å². The molecule has 3 aromatic carbocycles. The van der Waals surface area contributed by atoms with Gasteiger partial charge in [0.15, 0.2) is 0 Å². The number of nitrogen functional groups attached to an aromatic ring is 1. The molecule has 0 radical (unpaired) electrons. The van der Waals surface area contributed by atoms with Crippen molar-refractivity contribution in [2.45, 2.75) is 38.1 Å². The number of nitrogens with two attached hydrogens (primary N) is 1. The number of benzene rings is 3. The summed E-state index contributed by atoms with van der Waals surface area (Å²) in [6.45, 7) is 4.62. The Bertz CT molecular complexity index is 1480. The molecular formula is C33H36FN5O. The first-order valence-corrected chi connectivity index (χ1v) is 14.4. The topological polar surface area (TPSA) is 74.5 Å². The standard InChI is InChI=1S/C33H36FN5O/c34-26-10-5-23(6-11-26)15-16-36-32-21-30(33(40)39-19-3-4-28(39)22-38-17-1-2-18-38)29-20-25(9-14-31(29)37-32)24-7-12-27(35)13-8-24/h5-14,20-21,28H,1-4,15-19,22,35H2,(H,36,37)/t28-/m0/s1. The molecule has 2 fully saturated rings. The number of carbonyl (C=O) groups is 1. The Balaban J connectivity index is 1.31. The van der Waals surface area contributed by atoms with E-state index in [1.165, 1.54) is 25.0 Å². The van der Waals surface area contributed by atoms with Gasteiger partial charge in [0.25, 0.3) is 5.91 Å². The van der Waals surface area contributed by atoms with E-state index >= 15 is 0 Å². The maximum atomic E-state index is 14.2. The number of rotatable bonds is 8. The first-order valence-electron chi connectivity index (χ1n) is 14.4. The molecule has 0 aliphatic carbocycles. The van der Waals surface area contributed by atoms with Crippen LogP contribution >= 0.6 is 0 Å². The van der Waals surface area contributed by atoms with Crippen LogP contribution in [0.3, 0.4) is 0 Å². The fraction of sp³-hybridized carbons (Fsp3) is 0.333. The predicted molar refractivity (Wildman–Crippen MR) is 160 cm³/mol. The molecule has 40 heavy (non-hydrogen) atoms. The Kier molecular flexibility index (Phi) is 7.64. The molecule has 1 atom stereocenters. The number of fused-ring (bicyclic) bond motifs is 1. The predicted octanol–water partition coefficient (Wildman–Crippen LogP) is 5.98. The number of nitrogens with one attached hydrogen (secondary N) is 1. The van der Waals surface area contributed by atoms with E-state index < -0.39 is 0 Å². The lowest BCUT2D eigenvalue weighted by Gasteiger charge is -2.29. The van der Waals surface area contributed by atoms with Gasteiger partial charge in [0, 0.05) is 36.7 Å². The van der Waals surface area contributed by atoms with Gasteiger partial charge in [-0.05, 0) is 104 Å². The largest absolute Gasteiger partial charge is 0.399 e. The molecule has 0 unspecified atom stereocenters. The van der Waals surface area contributed by atoms with Crippen molar-refractivity contribution >= 4 is 28.3 Å². The molecule has 0 spiro atoms. The minimum Gasteiger partial charge on any atom is -0.399 e. The quantitative estimate of drug-likeness (QED) is 0.271. The minimum atomic E-state index is -0.237. The molecule has 6 rings (SSSR count). The van der Waals surface area contributed by atoms with Crippen LogP contribution in [0.25, 0.3) is 22.0 Å². The number of pyridine rings is 1. The molecule has 1 amide bonds. The van der Waals surface area contributed by atoms with Crippen LogP contribution in [0.4, 0.5) is 15.9 Å². The van der Waals surface area contributed by atoms with Crippen LogP contribution in [0.2, 0.25) is 0 Å². The summed E-state index contributed by atoms with van der Waals surface area (Å²) in [6.07, 6.45) is 5.30. The van der Waals surface area contributed by atoms with Crippen LogP contribution < -0.4 is 11.1 Å². The van der Waals surface area contributed by atoms with Gasteiger partial charge in [-0.15, -0.1) is 0 Å². The zero-order chi connectivity index (χ0) is 27.5. The average molecular weight is 538 g/mol. The van der Waals surface area contributed by atoms with Gasteiger partial charge in [-0.1, -0.05) is 30.3 Å². The average Bonchev–Trinajstić information content (AvgIpc) is 3.66. The zero-order valence-electron chi connectivity index (χ0n) is 22.8. The summed E-state index contributed by atoms with van der Waals surface area (Å²) in [5, 5.41) is 4.27. The molecule has 1 aromatic heterocycles. The Hall–Kier alpha value is -3.97. The lowest BCUT2D eigenvalue weighted by atomic mass is 9.99. The number of halogens is 1. The van der Waals surface area contributed by atoms with Crippen molar-refractivity contribution in [1.82, 2.24) is 14.8 Å². The molecule has 0 saturated carbocycles. The smallest absolute Gasteiger partial charge is 0.254 e. The van der Waals surface area contributed by atoms with E-state index in [1.54, 1.807) is 12.1 Å². The molecule has 6 nitrogen and oxygen atoms in total. The minimum absolute atomic E-state index is 0.0742. The third-order valence-electron chi connectivity index (χ3n) is 8.22. The lowest BCUT2D eigenvalue weighted by molar-refractivity contribution is 0.0710. The van der Waals surface area contributed by atoms with Gasteiger partial charge in [0.2, 0.25) is 0 Å². The fourth-order valence-corrected chi connectivity index (χ4v) is 6.05. The first-order chi connectivity index (χ1) is 19.5. The van der Waals surface area contributed by atoms with Crippen LogP contribution in [0.1, 0.15) is 41.6 Å². The third-order valence-corrected chi connectivity index (χ3v) is 8.22. The third kappa shape index (κ3) is 5.80. The second kappa shape index (κ2) is 11.6. The second-order valence-electron chi connectivity index (χ2n) is 11.0. The second-order valence-corrected chi connectivity index (χ2v) is 11.0. The number of hydrogen-bond donors (Lipinski definition) is 2. The Labute approximate surface area is 235 Å². The molecule has 2 aliphatic heterocycles. The van der Waals surface area contributed by atoms with E-state index in [9.17, 15) is 9.18 Å². The summed E-state index contributed by atoms with van der Waals surface area (Å²) in [5.74, 6) is 0.512. The van der Waals surface area contributed by atoms with Gasteiger partial charge in [0.05, 0.1) is 11.1 Å². The number of anilines is 2. The lowest BCUT2D eigenvalue weighted by Crippen LogP contribution is -2.42. The van der Waals surface area contributed by atoms with Crippen molar-refractivity contribution in [3.63, 3.8) is 0 Å². The van der Waals surface area contributed by atoms with Gasteiger partial charge >= 0.3 is 0 Å². The van der Waals surface area contributed by atoms with Gasteiger partial charge in [-0.2, -0.15) is 0 Å². The first kappa shape index (κ1) is 26.3. The van der Waals surface area contributed by atoms with Gasteiger partial charge in [-0.3, -0.25) is 4.79 Å². The van der Waals surface area contributed by atoms with Crippen molar-refractivity contribution < 1.29 is 9.18 Å². The number of aromatic nitrogens is 1. The molecule has 4 aromatic rings. The number of nitrogens with zero attached hydrogens (tertiary/aromatic N) is 3. The zero-order valence-corrected chi connectivity index (χ0v) is 22.8. The van der Waals surface area contributed by atoms with Crippen LogP contribution in [0, 0.1) is 5.82 Å². The molecule has 2 aliphatic rings. The summed E-state index contributed by atoms with van der Waals surface area (Å²) in [4.78, 5) is 23.7. The SMILES string of the molecule is Nc1ccc(-c2ccc3nc(NCCc4ccc(F)cc4)cc(C(=O)N4CCC[C@H]4CN4CCCC4)c3c2)cc1. The number of hydrogen-bond acceptors (Lipinski definition) is 5. The summed E-state index contributed by atoms with van der Waals surface area (Å²) in [6, 6.07) is 22.6. The Morgan fingerprint density at radius 2 is 1.68 bits per heavy atom. The molecule has 0 bridgehead atoms. The fourth-order valence-electron chi connectivity index (χ4n) is 6.05. The molecular weight excluding hydrogens is 501 g/mol. The molecule has 7 heteroatoms. The number of amides is 1. The van der Waals surface area contributed by atoms with Crippen LogP contribution in [0.15, 0.2) is 72.8 Å². The van der Waals surface area contributed by atoms with E-state index in [1.807, 2.05) is 42.5 Å². The monoisotopic (exact) mass is 537 g/mol. The van der Waals surface area contributed by atoms with E-state index in [0.717, 1.165) is 78.7 Å². The summed E-state index contributed by atoms with van der Waals surface area (Å²) in [7, 11) is 0. The highest BCUT2D eigenvalue weighted by Crippen LogP contribution is 2.31. The van der Waals surface area contributed by atoms with Crippen molar-refractivity contribution in [1.29, 1.82) is 0 Å². The molecule has 3 heterocycles. The maximum absolute atomic E-state index is 14.2. The van der Waals surface area contributed by atoms with Crippen LogP contribution in [0.5, 0.6) is 0 Å². The Morgan fingerprint density at radius 1 is 0.925 bits per heavy atom. The van der Waals surface area contributed by atoms with Gasteiger partial charge in [-0.25, -0.2) is 9.37 Å². The highest BCUT2D eigenvalue weighted by molar-refractivity contribution is 6.08. The van der Waals surface area contributed by atoms with E-state index in [4.69, 9.17) is 10.7 Å². The van der Waals surface area contributed by atoms with Crippen molar-refractivity contribution in [2.24, 2.45) is 0 Å². The Morgan fingerprint density at radius 3 is 2.45 bits per heavy atom. The van der Waals surface area contributed by atoms with Crippen LogP contribution in [-0.4, -0.2) is 59.5 Å². The van der Waals surface area contributed by atoms with E-state index in [-0.39, 0.29) is 17.8 Å². The number of carbonyl (C=O) groups excluding carboxylic acids is 1. The number of likely N-dealkylation sites (tertiary alicyclic amines) is 2.